The number of carbonyl (C=O) groups is 3. The van der Waals surface area contributed by atoms with Crippen molar-refractivity contribution in [1.82, 2.24) is 20.4 Å². The number of Topliss-reactive ketones (excluding diaryl/α,β-unsaturated/α-hetero) is 1. The van der Waals surface area contributed by atoms with Gasteiger partial charge in [-0.2, -0.15) is 0 Å². The van der Waals surface area contributed by atoms with Gasteiger partial charge in [-0.05, 0) is 80.7 Å². The van der Waals surface area contributed by atoms with Gasteiger partial charge in [0.05, 0.1) is 30.0 Å². The smallest absolute Gasteiger partial charge is 0.408 e. The van der Waals surface area contributed by atoms with Crippen molar-refractivity contribution in [3.8, 4) is 0 Å². The number of cyclic esters (lactones) is 1. The molecule has 3 aliphatic rings. The Morgan fingerprint density at radius 1 is 1.11 bits per heavy atom. The van der Waals surface area contributed by atoms with Crippen LogP contribution in [0.1, 0.15) is 67.2 Å². The van der Waals surface area contributed by atoms with E-state index >= 15 is 0 Å². The fourth-order valence-electron chi connectivity index (χ4n) is 7.48. The molecule has 0 bridgehead atoms. The highest BCUT2D eigenvalue weighted by Crippen LogP contribution is 2.37. The first-order valence-electron chi connectivity index (χ1n) is 16.8. The van der Waals surface area contributed by atoms with Crippen LogP contribution in [0.25, 0.3) is 0 Å². The zero-order valence-corrected chi connectivity index (χ0v) is 30.1. The molecule has 0 aromatic heterocycles. The van der Waals surface area contributed by atoms with E-state index in [-0.39, 0.29) is 12.0 Å². The zero-order valence-electron chi connectivity index (χ0n) is 30.1. The minimum atomic E-state index is -1.19. The average Bonchev–Trinajstić information content (AvgIpc) is 3.30. The van der Waals surface area contributed by atoms with Crippen molar-refractivity contribution in [1.29, 1.82) is 0 Å². The molecule has 0 aromatic carbocycles. The summed E-state index contributed by atoms with van der Waals surface area (Å²) >= 11 is 0. The van der Waals surface area contributed by atoms with E-state index in [9.17, 15) is 24.6 Å². The molecule has 1 amide bonds. The highest BCUT2D eigenvalue weighted by molar-refractivity contribution is 5.97. The molecule has 13 atom stereocenters. The number of hydrogen-bond acceptors (Lipinski definition) is 13. The maximum atomic E-state index is 13.9. The summed E-state index contributed by atoms with van der Waals surface area (Å²) in [6.45, 7) is 12.0. The Morgan fingerprint density at radius 3 is 2.34 bits per heavy atom. The summed E-state index contributed by atoms with van der Waals surface area (Å²) in [6, 6.07) is -1.16. The maximum absolute atomic E-state index is 13.9. The molecule has 4 unspecified atom stereocenters. The number of aliphatic hydroxyl groups is 2. The van der Waals surface area contributed by atoms with Gasteiger partial charge in [0.25, 0.3) is 0 Å². The van der Waals surface area contributed by atoms with Crippen molar-refractivity contribution in [2.24, 2.45) is 11.8 Å². The quantitative estimate of drug-likeness (QED) is 0.212. The van der Waals surface area contributed by atoms with Crippen LogP contribution in [0.2, 0.25) is 0 Å². The molecule has 3 heterocycles. The average molecular weight is 673 g/mol. The zero-order chi connectivity index (χ0) is 35.4. The number of ketones is 1. The molecule has 4 N–H and O–H groups in total. The maximum Gasteiger partial charge on any atom is 0.408 e. The van der Waals surface area contributed by atoms with E-state index in [0.717, 1.165) is 0 Å². The van der Waals surface area contributed by atoms with E-state index in [2.05, 4.69) is 10.6 Å². The minimum Gasteiger partial charge on any atom is -0.458 e. The lowest BCUT2D eigenvalue weighted by Gasteiger charge is -2.47. The van der Waals surface area contributed by atoms with Gasteiger partial charge in [-0.1, -0.05) is 20.8 Å². The normalized spacial score (nSPS) is 41.8. The fraction of sp³-hybridized carbons (Fsp3) is 0.909. The van der Waals surface area contributed by atoms with Crippen LogP contribution in [0.3, 0.4) is 0 Å². The predicted octanol–water partition coefficient (Wildman–Crippen LogP) is 0.907. The number of hydrogen-bond donors (Lipinski definition) is 4. The monoisotopic (exact) mass is 672 g/mol. The van der Waals surface area contributed by atoms with Crippen LogP contribution in [0.15, 0.2) is 0 Å². The summed E-state index contributed by atoms with van der Waals surface area (Å²) in [5.41, 5.74) is -2.23. The Bertz CT molecular complexity index is 1080. The molecular formula is C33H60N4O10. The third-order valence-corrected chi connectivity index (χ3v) is 10.3. The first-order valence-corrected chi connectivity index (χ1v) is 16.8. The summed E-state index contributed by atoms with van der Waals surface area (Å²) in [7, 11) is 8.94. The number of alkyl carbamates (subject to hydrolysis) is 1. The molecule has 0 spiro atoms. The number of nitrogens with zero attached hydrogens (tertiary/aromatic N) is 2. The van der Waals surface area contributed by atoms with Gasteiger partial charge >= 0.3 is 12.1 Å². The predicted molar refractivity (Wildman–Crippen MR) is 174 cm³/mol. The van der Waals surface area contributed by atoms with Gasteiger partial charge in [0.1, 0.15) is 24.4 Å². The van der Waals surface area contributed by atoms with Crippen molar-refractivity contribution in [3.63, 3.8) is 0 Å². The van der Waals surface area contributed by atoms with Gasteiger partial charge in [0.15, 0.2) is 11.9 Å². The Kier molecular flexibility index (Phi) is 13.6. The second-order valence-electron chi connectivity index (χ2n) is 14.7. The van der Waals surface area contributed by atoms with Crippen LogP contribution < -0.4 is 10.6 Å². The number of rotatable bonds is 8. The first-order chi connectivity index (χ1) is 21.9. The van der Waals surface area contributed by atoms with E-state index in [1.165, 1.54) is 0 Å². The van der Waals surface area contributed by atoms with Crippen LogP contribution >= 0.6 is 0 Å². The molecule has 272 valence electrons. The molecule has 0 radical (unpaired) electrons. The van der Waals surface area contributed by atoms with Gasteiger partial charge in [0.2, 0.25) is 0 Å². The molecule has 0 aliphatic carbocycles. The number of carbonyl (C=O) groups excluding carboxylic acids is 3. The third-order valence-electron chi connectivity index (χ3n) is 10.3. The van der Waals surface area contributed by atoms with Crippen LogP contribution in [-0.2, 0) is 33.3 Å². The number of aliphatic hydroxyl groups excluding tert-OH is 2. The lowest BCUT2D eigenvalue weighted by molar-refractivity contribution is -0.306. The van der Waals surface area contributed by atoms with E-state index in [1.807, 2.05) is 65.7 Å². The van der Waals surface area contributed by atoms with Crippen molar-refractivity contribution in [2.75, 3.05) is 48.4 Å². The number of amides is 1. The Morgan fingerprint density at radius 2 is 1.77 bits per heavy atom. The molecule has 3 rings (SSSR count). The van der Waals surface area contributed by atoms with Crippen molar-refractivity contribution in [2.45, 2.75) is 133 Å². The Hall–Kier alpha value is -1.91. The number of methoxy groups -OCH3 is 1. The van der Waals surface area contributed by atoms with Crippen LogP contribution in [0.5, 0.6) is 0 Å². The number of fused-ring (bicyclic) bond motifs is 1. The number of likely N-dealkylation sites (N-methyl/N-ethyl adjacent to an activating group) is 2. The van der Waals surface area contributed by atoms with Gasteiger partial charge in [-0.25, -0.2) is 4.79 Å². The van der Waals surface area contributed by atoms with Gasteiger partial charge < -0.3 is 54.3 Å². The summed E-state index contributed by atoms with van der Waals surface area (Å²) in [5.74, 6) is -2.07. The summed E-state index contributed by atoms with van der Waals surface area (Å²) in [5, 5.41) is 28.9. The third kappa shape index (κ3) is 9.21. The number of esters is 1. The molecule has 14 nitrogen and oxygen atoms in total. The molecule has 0 aromatic rings. The first kappa shape index (κ1) is 39.5. The van der Waals surface area contributed by atoms with Crippen molar-refractivity contribution >= 4 is 17.8 Å². The molecule has 47 heavy (non-hydrogen) atoms. The Labute approximate surface area is 280 Å². The SMILES string of the molecule is CC[C@H]1OC(=O)CC(=O)[C@H](C)[C@@H](O[C@@H]2OC(C(O)CN(C)C)CC(N(C)C)C2O)[C@](C)(OC)C[C@@H](C)CN[C@H](C)[C@H]2NC(=O)O[C@@]21C. The van der Waals surface area contributed by atoms with E-state index < -0.39 is 90.3 Å². The van der Waals surface area contributed by atoms with Crippen LogP contribution in [-0.4, -0.2) is 152 Å². The van der Waals surface area contributed by atoms with Gasteiger partial charge in [-0.3, -0.25) is 9.59 Å². The van der Waals surface area contributed by atoms with E-state index in [0.29, 0.717) is 32.4 Å². The highest BCUT2D eigenvalue weighted by Gasteiger charge is 2.55. The molecular weight excluding hydrogens is 612 g/mol. The van der Waals surface area contributed by atoms with Crippen LogP contribution in [0, 0.1) is 11.8 Å². The molecule has 3 fully saturated rings. The Balaban J connectivity index is 1.99. The van der Waals surface area contributed by atoms with Crippen molar-refractivity contribution < 1.29 is 48.3 Å². The summed E-state index contributed by atoms with van der Waals surface area (Å²) < 4.78 is 30.5. The van der Waals surface area contributed by atoms with E-state index in [4.69, 9.17) is 23.7 Å². The van der Waals surface area contributed by atoms with Gasteiger partial charge in [0, 0.05) is 31.7 Å². The number of ether oxygens (including phenoxy) is 5. The minimum absolute atomic E-state index is 0.00792. The van der Waals surface area contributed by atoms with Crippen molar-refractivity contribution in [3.05, 3.63) is 0 Å². The molecule has 14 heteroatoms. The summed E-state index contributed by atoms with van der Waals surface area (Å²) in [4.78, 5) is 43.3. The topological polar surface area (TPSA) is 168 Å². The lowest BCUT2D eigenvalue weighted by Crippen LogP contribution is -2.61. The standard InChI is InChI=1S/C33H60N4O10/c1-12-25-33(6)28(35-31(42)47-33)20(4)34-16-18(2)15-32(5,43-11)29(19(3)22(38)14-26(40)45-25)46-30-27(41)21(37(9)10)13-24(44-30)23(39)17-36(7)8/h18-21,23-25,27-30,34,39,41H,12-17H2,1-11H3,(H,35,42)/t18-,19+,20-,21?,23?,24?,25-,27?,28-,29-,30+,32-,33-/m1/s1. The molecule has 3 aliphatic heterocycles. The highest BCUT2D eigenvalue weighted by atomic mass is 16.7. The second-order valence-corrected chi connectivity index (χ2v) is 14.7. The molecule has 0 saturated carbocycles. The second kappa shape index (κ2) is 16.2. The van der Waals surface area contributed by atoms with Gasteiger partial charge in [-0.15, -0.1) is 0 Å². The molecule has 3 saturated heterocycles. The summed E-state index contributed by atoms with van der Waals surface area (Å²) in [6.07, 6.45) is -5.50. The fourth-order valence-corrected chi connectivity index (χ4v) is 7.48. The largest absolute Gasteiger partial charge is 0.458 e. The number of nitrogens with one attached hydrogen (secondary N) is 2. The van der Waals surface area contributed by atoms with Crippen LogP contribution in [0.4, 0.5) is 4.79 Å². The van der Waals surface area contributed by atoms with E-state index in [1.54, 1.807) is 21.0 Å². The lowest BCUT2D eigenvalue weighted by atomic mass is 9.80.